The molecular weight excluding hydrogens is 276 g/mol. The van der Waals surface area contributed by atoms with Crippen LogP contribution in [-0.4, -0.2) is 26.6 Å². The lowest BCUT2D eigenvalue weighted by molar-refractivity contribution is -0.384. The summed E-state index contributed by atoms with van der Waals surface area (Å²) in [6.07, 6.45) is 2.38. The topological polar surface area (TPSA) is 107 Å². The summed E-state index contributed by atoms with van der Waals surface area (Å²) >= 11 is 5.61. The van der Waals surface area contributed by atoms with Crippen molar-refractivity contribution in [3.8, 4) is 0 Å². The molecule has 0 spiro atoms. The molecule has 0 bridgehead atoms. The summed E-state index contributed by atoms with van der Waals surface area (Å²) in [5.41, 5.74) is -1.22. The highest BCUT2D eigenvalue weighted by Gasteiger charge is 2.48. The van der Waals surface area contributed by atoms with E-state index < -0.39 is 10.6 Å². The van der Waals surface area contributed by atoms with E-state index in [0.717, 1.165) is 6.20 Å². The molecule has 0 radical (unpaired) electrons. The highest BCUT2D eigenvalue weighted by molar-refractivity contribution is 6.28. The first-order valence-corrected chi connectivity index (χ1v) is 6.00. The van der Waals surface area contributed by atoms with E-state index in [-0.39, 0.29) is 29.2 Å². The number of rotatable bonds is 5. The number of esters is 1. The Morgan fingerprint density at radius 2 is 2.37 bits per heavy atom. The summed E-state index contributed by atoms with van der Waals surface area (Å²) in [6, 6.07) is 0. The van der Waals surface area contributed by atoms with Crippen molar-refractivity contribution in [2.45, 2.75) is 31.9 Å². The van der Waals surface area contributed by atoms with Gasteiger partial charge in [0.05, 0.1) is 4.92 Å². The summed E-state index contributed by atoms with van der Waals surface area (Å²) < 4.78 is 5.20. The van der Waals surface area contributed by atoms with Gasteiger partial charge in [-0.3, -0.25) is 14.9 Å². The summed E-state index contributed by atoms with van der Waals surface area (Å²) in [5.74, 6) is -0.431. The first-order chi connectivity index (χ1) is 8.96. The Labute approximate surface area is 113 Å². The summed E-state index contributed by atoms with van der Waals surface area (Å²) in [7, 11) is 0. The van der Waals surface area contributed by atoms with Crippen LogP contribution in [0.5, 0.6) is 0 Å². The summed E-state index contributed by atoms with van der Waals surface area (Å²) in [4.78, 5) is 28.8. The predicted octanol–water partition coefficient (Wildman–Crippen LogP) is 1.89. The minimum atomic E-state index is -0.907. The van der Waals surface area contributed by atoms with Crippen molar-refractivity contribution in [2.75, 3.05) is 5.32 Å². The maximum absolute atomic E-state index is 11.3. The molecule has 1 aliphatic rings. The molecule has 0 atom stereocenters. The second kappa shape index (κ2) is 4.96. The van der Waals surface area contributed by atoms with Crippen molar-refractivity contribution >= 4 is 29.1 Å². The molecule has 0 unspecified atom stereocenters. The molecule has 102 valence electrons. The van der Waals surface area contributed by atoms with Crippen molar-refractivity contribution in [3.05, 3.63) is 21.6 Å². The fourth-order valence-corrected chi connectivity index (χ4v) is 1.58. The standard InChI is InChI=1S/C10H11ClN4O4/c1-2-7(16)19-10(3-4-10)14-8-6(15(17)18)5-12-9(11)13-8/h5H,2-4H2,1H3,(H,12,13,14). The summed E-state index contributed by atoms with van der Waals surface area (Å²) in [5, 5.41) is 13.5. The molecule has 1 heterocycles. The number of nitrogens with one attached hydrogen (secondary N) is 1. The lowest BCUT2D eigenvalue weighted by Gasteiger charge is -2.18. The zero-order chi connectivity index (χ0) is 14.0. The van der Waals surface area contributed by atoms with Crippen LogP contribution in [0.3, 0.4) is 0 Å². The van der Waals surface area contributed by atoms with E-state index in [0.29, 0.717) is 12.8 Å². The Morgan fingerprint density at radius 1 is 1.68 bits per heavy atom. The van der Waals surface area contributed by atoms with Gasteiger partial charge in [0.1, 0.15) is 6.20 Å². The maximum atomic E-state index is 11.3. The van der Waals surface area contributed by atoms with Crippen LogP contribution in [0.25, 0.3) is 0 Å². The molecule has 0 aromatic carbocycles. The number of nitrogens with zero attached hydrogens (tertiary/aromatic N) is 3. The number of carbonyl (C=O) groups is 1. The van der Waals surface area contributed by atoms with E-state index in [2.05, 4.69) is 15.3 Å². The molecular formula is C10H11ClN4O4. The third-order valence-corrected chi connectivity index (χ3v) is 2.77. The van der Waals surface area contributed by atoms with Crippen LogP contribution in [0.15, 0.2) is 6.20 Å². The van der Waals surface area contributed by atoms with E-state index in [9.17, 15) is 14.9 Å². The van der Waals surface area contributed by atoms with Gasteiger partial charge in [-0.05, 0) is 11.6 Å². The molecule has 1 aromatic rings. The van der Waals surface area contributed by atoms with E-state index >= 15 is 0 Å². The van der Waals surface area contributed by atoms with E-state index in [1.807, 2.05) is 0 Å². The molecule has 0 aliphatic heterocycles. The predicted molar refractivity (Wildman–Crippen MR) is 65.7 cm³/mol. The molecule has 8 nitrogen and oxygen atoms in total. The lowest BCUT2D eigenvalue weighted by atomic mass is 10.4. The van der Waals surface area contributed by atoms with Gasteiger partial charge in [0.15, 0.2) is 5.72 Å². The Balaban J connectivity index is 2.21. The van der Waals surface area contributed by atoms with Crippen LogP contribution >= 0.6 is 11.6 Å². The van der Waals surface area contributed by atoms with Gasteiger partial charge in [-0.15, -0.1) is 0 Å². The van der Waals surface area contributed by atoms with E-state index in [1.54, 1.807) is 6.92 Å². The second-order valence-electron chi connectivity index (χ2n) is 4.08. The lowest BCUT2D eigenvalue weighted by Crippen LogP contribution is -2.29. The van der Waals surface area contributed by atoms with Crippen LogP contribution in [0.4, 0.5) is 11.5 Å². The molecule has 2 rings (SSSR count). The smallest absolute Gasteiger partial charge is 0.329 e. The van der Waals surface area contributed by atoms with E-state index in [4.69, 9.17) is 16.3 Å². The minimum Gasteiger partial charge on any atom is -0.439 e. The number of halogens is 1. The number of hydrogen-bond donors (Lipinski definition) is 1. The van der Waals surface area contributed by atoms with Crippen molar-refractivity contribution < 1.29 is 14.5 Å². The van der Waals surface area contributed by atoms with Crippen LogP contribution in [-0.2, 0) is 9.53 Å². The van der Waals surface area contributed by atoms with Crippen molar-refractivity contribution in [2.24, 2.45) is 0 Å². The molecule has 1 aromatic heterocycles. The third-order valence-electron chi connectivity index (χ3n) is 2.58. The Bertz CT molecular complexity index is 532. The van der Waals surface area contributed by atoms with Crippen molar-refractivity contribution in [3.63, 3.8) is 0 Å². The highest BCUT2D eigenvalue weighted by Crippen LogP contribution is 2.41. The number of anilines is 1. The quantitative estimate of drug-likeness (QED) is 0.289. The SMILES string of the molecule is CCC(=O)OC1(Nc2nc(Cl)ncc2[N+](=O)[O-])CC1. The molecule has 1 saturated carbocycles. The van der Waals surface area contributed by atoms with Crippen LogP contribution in [0.2, 0.25) is 5.28 Å². The molecule has 1 fully saturated rings. The number of ether oxygens (including phenoxy) is 1. The number of carbonyl (C=O) groups excluding carboxylic acids is 1. The average molecular weight is 287 g/mol. The molecule has 1 aliphatic carbocycles. The van der Waals surface area contributed by atoms with Gasteiger partial charge in [0, 0.05) is 19.3 Å². The zero-order valence-electron chi connectivity index (χ0n) is 10.1. The number of hydrogen-bond acceptors (Lipinski definition) is 7. The molecule has 9 heteroatoms. The highest BCUT2D eigenvalue weighted by atomic mass is 35.5. The number of nitro groups is 1. The maximum Gasteiger partial charge on any atom is 0.329 e. The van der Waals surface area contributed by atoms with Gasteiger partial charge in [0.2, 0.25) is 11.1 Å². The second-order valence-corrected chi connectivity index (χ2v) is 4.41. The van der Waals surface area contributed by atoms with Crippen molar-refractivity contribution in [1.29, 1.82) is 0 Å². The fourth-order valence-electron chi connectivity index (χ4n) is 1.45. The van der Waals surface area contributed by atoms with Crippen LogP contribution in [0.1, 0.15) is 26.2 Å². The fraction of sp³-hybridized carbons (Fsp3) is 0.500. The van der Waals surface area contributed by atoms with Gasteiger partial charge < -0.3 is 10.1 Å². The summed E-state index contributed by atoms with van der Waals surface area (Å²) in [6.45, 7) is 1.67. The monoisotopic (exact) mass is 286 g/mol. The molecule has 0 amide bonds. The van der Waals surface area contributed by atoms with Gasteiger partial charge in [-0.1, -0.05) is 6.92 Å². The Morgan fingerprint density at radius 3 is 2.89 bits per heavy atom. The minimum absolute atomic E-state index is 0.0496. The van der Waals surface area contributed by atoms with Gasteiger partial charge >= 0.3 is 11.7 Å². The largest absolute Gasteiger partial charge is 0.439 e. The Kier molecular flexibility index (Phi) is 3.52. The molecule has 1 N–H and O–H groups in total. The van der Waals surface area contributed by atoms with Crippen LogP contribution in [0, 0.1) is 10.1 Å². The zero-order valence-corrected chi connectivity index (χ0v) is 10.8. The normalized spacial score (nSPS) is 15.7. The van der Waals surface area contributed by atoms with Gasteiger partial charge in [0.25, 0.3) is 0 Å². The van der Waals surface area contributed by atoms with Gasteiger partial charge in [-0.2, -0.15) is 4.98 Å². The average Bonchev–Trinajstić information content (AvgIpc) is 3.08. The van der Waals surface area contributed by atoms with Crippen LogP contribution < -0.4 is 5.32 Å². The first-order valence-electron chi connectivity index (χ1n) is 5.63. The van der Waals surface area contributed by atoms with Gasteiger partial charge in [-0.25, -0.2) is 4.98 Å². The number of aromatic nitrogens is 2. The Hall–Kier alpha value is -1.96. The third kappa shape index (κ3) is 3.08. The van der Waals surface area contributed by atoms with Crippen molar-refractivity contribution in [1.82, 2.24) is 9.97 Å². The first kappa shape index (κ1) is 13.5. The molecule has 0 saturated heterocycles. The molecule has 19 heavy (non-hydrogen) atoms. The van der Waals surface area contributed by atoms with E-state index in [1.165, 1.54) is 0 Å².